The maximum atomic E-state index is 11.9. The highest BCUT2D eigenvalue weighted by Crippen LogP contribution is 2.22. The molecule has 0 aliphatic heterocycles. The van der Waals surface area contributed by atoms with Gasteiger partial charge in [-0.3, -0.25) is 4.79 Å². The van der Waals surface area contributed by atoms with Crippen LogP contribution in [0.25, 0.3) is 11.3 Å². The second-order valence-corrected chi connectivity index (χ2v) is 7.25. The molecule has 3 rings (SSSR count). The number of nitrogens with one attached hydrogen (secondary N) is 1. The summed E-state index contributed by atoms with van der Waals surface area (Å²) in [7, 11) is 0. The van der Waals surface area contributed by atoms with Gasteiger partial charge in [0.2, 0.25) is 0 Å². The number of benzene rings is 2. The van der Waals surface area contributed by atoms with Gasteiger partial charge in [-0.05, 0) is 37.1 Å². The van der Waals surface area contributed by atoms with Crippen molar-refractivity contribution in [2.75, 3.05) is 12.4 Å². The molecule has 0 aliphatic rings. The molecular weight excluding hydrogens is 368 g/mol. The third-order valence-electron chi connectivity index (χ3n) is 3.72. The topological polar surface area (TPSA) is 55.0 Å². The van der Waals surface area contributed by atoms with Gasteiger partial charge in [0.15, 0.2) is 5.16 Å². The van der Waals surface area contributed by atoms with Crippen molar-refractivity contribution < 1.29 is 4.74 Å². The Morgan fingerprint density at radius 2 is 1.96 bits per heavy atom. The molecule has 0 atom stereocenters. The Kier molecular flexibility index (Phi) is 6.36. The standard InChI is InChI=1S/C20H19ClN2O2S/c1-14-12-16(8-9-17(14)21)25-10-5-11-26-20-22-18(13-19(24)23-20)15-6-3-2-4-7-15/h2-4,6-9,12-13H,5,10-11H2,1H3,(H,22,23,24). The monoisotopic (exact) mass is 386 g/mol. The van der Waals surface area contributed by atoms with E-state index in [-0.39, 0.29) is 5.56 Å². The quantitative estimate of drug-likeness (QED) is 0.354. The summed E-state index contributed by atoms with van der Waals surface area (Å²) < 4.78 is 5.73. The highest BCUT2D eigenvalue weighted by Gasteiger charge is 2.05. The van der Waals surface area contributed by atoms with E-state index in [0.717, 1.165) is 34.1 Å². The molecule has 6 heteroatoms. The lowest BCUT2D eigenvalue weighted by atomic mass is 10.1. The van der Waals surface area contributed by atoms with Crippen LogP contribution in [0.1, 0.15) is 12.0 Å². The van der Waals surface area contributed by atoms with E-state index in [0.29, 0.717) is 17.5 Å². The number of halogens is 1. The lowest BCUT2D eigenvalue weighted by molar-refractivity contribution is 0.318. The van der Waals surface area contributed by atoms with Crippen molar-refractivity contribution in [2.45, 2.75) is 18.5 Å². The molecule has 1 N–H and O–H groups in total. The zero-order valence-corrected chi connectivity index (χ0v) is 15.9. The molecule has 3 aromatic rings. The van der Waals surface area contributed by atoms with Gasteiger partial charge in [-0.15, -0.1) is 0 Å². The van der Waals surface area contributed by atoms with Gasteiger partial charge in [0.05, 0.1) is 12.3 Å². The van der Waals surface area contributed by atoms with E-state index in [1.54, 1.807) is 0 Å². The van der Waals surface area contributed by atoms with E-state index in [1.807, 2.05) is 55.5 Å². The summed E-state index contributed by atoms with van der Waals surface area (Å²) in [5.74, 6) is 1.61. The summed E-state index contributed by atoms with van der Waals surface area (Å²) in [6.45, 7) is 2.55. The number of aromatic amines is 1. The Morgan fingerprint density at radius 1 is 1.15 bits per heavy atom. The highest BCUT2D eigenvalue weighted by atomic mass is 35.5. The van der Waals surface area contributed by atoms with E-state index in [1.165, 1.54) is 17.8 Å². The summed E-state index contributed by atoms with van der Waals surface area (Å²) in [5.41, 5.74) is 2.47. The number of hydrogen-bond donors (Lipinski definition) is 1. The number of aromatic nitrogens is 2. The molecule has 0 saturated carbocycles. The first-order valence-electron chi connectivity index (χ1n) is 8.30. The zero-order chi connectivity index (χ0) is 18.4. The average Bonchev–Trinajstić information content (AvgIpc) is 2.64. The number of hydrogen-bond acceptors (Lipinski definition) is 4. The van der Waals surface area contributed by atoms with Gasteiger partial charge in [-0.2, -0.15) is 0 Å². The fraction of sp³-hybridized carbons (Fsp3) is 0.200. The summed E-state index contributed by atoms with van der Waals surface area (Å²) in [6.07, 6.45) is 0.839. The molecule has 0 aliphatic carbocycles. The third kappa shape index (κ3) is 5.13. The van der Waals surface area contributed by atoms with Crippen LogP contribution in [0.5, 0.6) is 5.75 Å². The molecule has 134 valence electrons. The van der Waals surface area contributed by atoms with Crippen LogP contribution in [0.3, 0.4) is 0 Å². The fourth-order valence-electron chi connectivity index (χ4n) is 2.39. The summed E-state index contributed by atoms with van der Waals surface area (Å²) in [6, 6.07) is 16.8. The smallest absolute Gasteiger partial charge is 0.252 e. The van der Waals surface area contributed by atoms with Crippen molar-refractivity contribution in [3.8, 4) is 17.0 Å². The van der Waals surface area contributed by atoms with Gasteiger partial charge in [0, 0.05) is 22.4 Å². The fourth-order valence-corrected chi connectivity index (χ4v) is 3.29. The minimum Gasteiger partial charge on any atom is -0.494 e. The third-order valence-corrected chi connectivity index (χ3v) is 5.10. The molecule has 0 saturated heterocycles. The molecular formula is C20H19ClN2O2S. The molecule has 0 amide bonds. The van der Waals surface area contributed by atoms with Crippen LogP contribution in [-0.2, 0) is 0 Å². The van der Waals surface area contributed by atoms with E-state index in [2.05, 4.69) is 9.97 Å². The molecule has 26 heavy (non-hydrogen) atoms. The first-order chi connectivity index (χ1) is 12.6. The Morgan fingerprint density at radius 3 is 2.73 bits per heavy atom. The van der Waals surface area contributed by atoms with Crippen LogP contribution in [0.2, 0.25) is 5.02 Å². The van der Waals surface area contributed by atoms with Crippen molar-refractivity contribution in [1.82, 2.24) is 9.97 Å². The average molecular weight is 387 g/mol. The molecule has 0 radical (unpaired) electrons. The predicted molar refractivity (Wildman–Crippen MR) is 107 cm³/mol. The lowest BCUT2D eigenvalue weighted by Crippen LogP contribution is -2.08. The Hall–Kier alpha value is -2.24. The van der Waals surface area contributed by atoms with Crippen LogP contribution >= 0.6 is 23.4 Å². The number of H-pyrrole nitrogens is 1. The van der Waals surface area contributed by atoms with E-state index < -0.39 is 0 Å². The molecule has 1 heterocycles. The molecule has 0 unspecified atom stereocenters. The molecule has 0 bridgehead atoms. The predicted octanol–water partition coefficient (Wildman–Crippen LogP) is 4.96. The van der Waals surface area contributed by atoms with Gasteiger partial charge < -0.3 is 9.72 Å². The van der Waals surface area contributed by atoms with Gasteiger partial charge in [-0.25, -0.2) is 4.98 Å². The Bertz CT molecular complexity index is 929. The van der Waals surface area contributed by atoms with Crippen molar-refractivity contribution in [1.29, 1.82) is 0 Å². The van der Waals surface area contributed by atoms with Gasteiger partial charge in [0.1, 0.15) is 5.75 Å². The number of ether oxygens (including phenoxy) is 1. The number of thioether (sulfide) groups is 1. The second-order valence-electron chi connectivity index (χ2n) is 5.76. The second kappa shape index (κ2) is 8.92. The van der Waals surface area contributed by atoms with Crippen molar-refractivity contribution in [2.24, 2.45) is 0 Å². The lowest BCUT2D eigenvalue weighted by Gasteiger charge is -2.08. The van der Waals surface area contributed by atoms with Crippen LogP contribution in [0, 0.1) is 6.92 Å². The Labute approximate surface area is 161 Å². The van der Waals surface area contributed by atoms with Crippen molar-refractivity contribution >= 4 is 23.4 Å². The molecule has 4 nitrogen and oxygen atoms in total. The van der Waals surface area contributed by atoms with Crippen LogP contribution in [-0.4, -0.2) is 22.3 Å². The Balaban J connectivity index is 1.52. The maximum absolute atomic E-state index is 11.9. The summed E-state index contributed by atoms with van der Waals surface area (Å²) >= 11 is 7.52. The summed E-state index contributed by atoms with van der Waals surface area (Å²) in [4.78, 5) is 19.2. The minimum absolute atomic E-state index is 0.144. The largest absolute Gasteiger partial charge is 0.494 e. The van der Waals surface area contributed by atoms with Gasteiger partial charge in [0.25, 0.3) is 5.56 Å². The molecule has 0 spiro atoms. The molecule has 1 aromatic heterocycles. The first-order valence-corrected chi connectivity index (χ1v) is 9.67. The summed E-state index contributed by atoms with van der Waals surface area (Å²) in [5, 5.41) is 1.36. The number of nitrogens with zero attached hydrogens (tertiary/aromatic N) is 1. The first kappa shape index (κ1) is 18.5. The van der Waals surface area contributed by atoms with Crippen LogP contribution in [0.15, 0.2) is 64.5 Å². The molecule has 0 fully saturated rings. The highest BCUT2D eigenvalue weighted by molar-refractivity contribution is 7.99. The van der Waals surface area contributed by atoms with Gasteiger partial charge in [-0.1, -0.05) is 53.7 Å². The van der Waals surface area contributed by atoms with Crippen LogP contribution in [0.4, 0.5) is 0 Å². The maximum Gasteiger partial charge on any atom is 0.252 e. The van der Waals surface area contributed by atoms with Crippen molar-refractivity contribution in [3.05, 3.63) is 75.5 Å². The van der Waals surface area contributed by atoms with Gasteiger partial charge >= 0.3 is 0 Å². The number of rotatable bonds is 7. The van der Waals surface area contributed by atoms with Crippen LogP contribution < -0.4 is 10.3 Å². The van der Waals surface area contributed by atoms with E-state index >= 15 is 0 Å². The van der Waals surface area contributed by atoms with E-state index in [9.17, 15) is 4.79 Å². The van der Waals surface area contributed by atoms with E-state index in [4.69, 9.17) is 16.3 Å². The number of aryl methyl sites for hydroxylation is 1. The normalized spacial score (nSPS) is 10.7. The SMILES string of the molecule is Cc1cc(OCCCSc2nc(-c3ccccc3)cc(=O)[nH]2)ccc1Cl. The van der Waals surface area contributed by atoms with Crippen molar-refractivity contribution in [3.63, 3.8) is 0 Å². The minimum atomic E-state index is -0.144. The molecule has 2 aromatic carbocycles. The zero-order valence-electron chi connectivity index (χ0n) is 14.4.